The first-order valence-electron chi connectivity index (χ1n) is 4.88. The number of halogens is 1. The van der Waals surface area contributed by atoms with Crippen molar-refractivity contribution in [2.24, 2.45) is 0 Å². The highest BCUT2D eigenvalue weighted by Gasteiger charge is 2.06. The zero-order valence-electron chi connectivity index (χ0n) is 8.12. The molecule has 0 unspecified atom stereocenters. The maximum atomic E-state index is 11.9. The Kier molecular flexibility index (Phi) is 5.19. The fourth-order valence-corrected chi connectivity index (χ4v) is 1.22. The first kappa shape index (κ1) is 11.1. The lowest BCUT2D eigenvalue weighted by Gasteiger charge is -2.16. The fourth-order valence-electron chi connectivity index (χ4n) is 1.22. The van der Waals surface area contributed by atoms with Crippen LogP contribution in [0, 0.1) is 5.82 Å². The lowest BCUT2D eigenvalue weighted by atomic mass is 10.1. The molecule has 78 valence electrons. The molecule has 1 heterocycles. The van der Waals surface area contributed by atoms with Crippen molar-refractivity contribution in [1.82, 2.24) is 5.32 Å². The van der Waals surface area contributed by atoms with Gasteiger partial charge in [0.25, 0.3) is 0 Å². The van der Waals surface area contributed by atoms with Crippen LogP contribution in [0.5, 0.6) is 0 Å². The number of rotatable bonds is 0. The summed E-state index contributed by atoms with van der Waals surface area (Å²) in [5.41, 5.74) is 0. The first-order valence-corrected chi connectivity index (χ1v) is 4.88. The number of aliphatic hydroxyl groups excluding tert-OH is 1. The largest absolute Gasteiger partial charge is 0.393 e. The molecule has 2 nitrogen and oxygen atoms in total. The van der Waals surface area contributed by atoms with E-state index in [1.807, 2.05) is 0 Å². The molecule has 1 aliphatic heterocycles. The molecule has 3 heteroatoms. The van der Waals surface area contributed by atoms with Gasteiger partial charge < -0.3 is 10.4 Å². The van der Waals surface area contributed by atoms with Crippen LogP contribution in [-0.4, -0.2) is 24.3 Å². The molecule has 1 fully saturated rings. The average Bonchev–Trinajstić information content (AvgIpc) is 2.21. The number of nitrogens with one attached hydrogen (secondary N) is 1. The van der Waals surface area contributed by atoms with Gasteiger partial charge in [0.2, 0.25) is 0 Å². The maximum absolute atomic E-state index is 11.9. The zero-order valence-corrected chi connectivity index (χ0v) is 8.12. The Labute approximate surface area is 83.8 Å². The standard InChI is InChI=1S/C6H5F.C5H11NO/c7-6-4-2-1-3-5-6;7-5-1-3-6-4-2-5/h1-5H;5-7H,1-4H2. The lowest BCUT2D eigenvalue weighted by Crippen LogP contribution is -2.30. The minimum absolute atomic E-state index is 0.0266. The quantitative estimate of drug-likeness (QED) is 0.661. The van der Waals surface area contributed by atoms with Crippen LogP contribution in [0.1, 0.15) is 12.8 Å². The molecule has 0 aliphatic carbocycles. The van der Waals surface area contributed by atoms with Gasteiger partial charge >= 0.3 is 0 Å². The Morgan fingerprint density at radius 3 is 2.00 bits per heavy atom. The van der Waals surface area contributed by atoms with Gasteiger partial charge in [-0.1, -0.05) is 18.2 Å². The third kappa shape index (κ3) is 4.94. The van der Waals surface area contributed by atoms with Crippen molar-refractivity contribution in [3.63, 3.8) is 0 Å². The van der Waals surface area contributed by atoms with E-state index in [-0.39, 0.29) is 11.9 Å². The monoisotopic (exact) mass is 197 g/mol. The summed E-state index contributed by atoms with van der Waals surface area (Å²) in [5, 5.41) is 12.0. The number of hydrogen-bond acceptors (Lipinski definition) is 2. The van der Waals surface area contributed by atoms with Crippen molar-refractivity contribution in [2.75, 3.05) is 13.1 Å². The molecule has 0 bridgehead atoms. The van der Waals surface area contributed by atoms with Crippen LogP contribution in [-0.2, 0) is 0 Å². The minimum atomic E-state index is -0.178. The molecule has 14 heavy (non-hydrogen) atoms. The molecule has 1 aromatic rings. The van der Waals surface area contributed by atoms with Gasteiger partial charge in [0.05, 0.1) is 6.10 Å². The predicted molar refractivity (Wildman–Crippen MR) is 54.5 cm³/mol. The van der Waals surface area contributed by atoms with E-state index in [1.54, 1.807) is 18.2 Å². The summed E-state index contributed by atoms with van der Waals surface area (Å²) in [5.74, 6) is -0.178. The van der Waals surface area contributed by atoms with Gasteiger partial charge in [-0.3, -0.25) is 0 Å². The van der Waals surface area contributed by atoms with Gasteiger partial charge in [0.15, 0.2) is 0 Å². The second kappa shape index (κ2) is 6.51. The van der Waals surface area contributed by atoms with Crippen LogP contribution in [0.15, 0.2) is 30.3 Å². The van der Waals surface area contributed by atoms with Crippen LogP contribution in [0.3, 0.4) is 0 Å². The van der Waals surface area contributed by atoms with Crippen LogP contribution >= 0.6 is 0 Å². The molecule has 0 amide bonds. The summed E-state index contributed by atoms with van der Waals surface area (Å²) in [6.45, 7) is 1.97. The van der Waals surface area contributed by atoms with Crippen molar-refractivity contribution in [1.29, 1.82) is 0 Å². The first-order chi connectivity index (χ1) is 6.79. The van der Waals surface area contributed by atoms with Gasteiger partial charge in [0.1, 0.15) is 5.82 Å². The van der Waals surface area contributed by atoms with Crippen molar-refractivity contribution in [3.05, 3.63) is 36.1 Å². The zero-order chi connectivity index (χ0) is 10.2. The molecule has 2 rings (SSSR count). The Balaban J connectivity index is 0.000000140. The molecule has 0 saturated carbocycles. The summed E-state index contributed by atoms with van der Waals surface area (Å²) in [6, 6.07) is 7.94. The van der Waals surface area contributed by atoms with E-state index in [1.165, 1.54) is 12.1 Å². The van der Waals surface area contributed by atoms with Gasteiger partial charge in [-0.2, -0.15) is 0 Å². The molecule has 2 N–H and O–H groups in total. The van der Waals surface area contributed by atoms with E-state index >= 15 is 0 Å². The summed E-state index contributed by atoms with van der Waals surface area (Å²) in [6.07, 6.45) is 1.83. The molecular weight excluding hydrogens is 181 g/mol. The van der Waals surface area contributed by atoms with Crippen molar-refractivity contribution < 1.29 is 9.50 Å². The van der Waals surface area contributed by atoms with E-state index in [0.29, 0.717) is 0 Å². The van der Waals surface area contributed by atoms with E-state index in [2.05, 4.69) is 5.32 Å². The molecule has 1 aromatic carbocycles. The van der Waals surface area contributed by atoms with Crippen molar-refractivity contribution >= 4 is 0 Å². The summed E-state index contributed by atoms with van der Waals surface area (Å²) in [7, 11) is 0. The third-order valence-corrected chi connectivity index (χ3v) is 2.04. The highest BCUT2D eigenvalue weighted by atomic mass is 19.1. The highest BCUT2D eigenvalue weighted by molar-refractivity contribution is 5.02. The molecule has 0 atom stereocenters. The Bertz CT molecular complexity index is 234. The van der Waals surface area contributed by atoms with Crippen LogP contribution in [0.25, 0.3) is 0 Å². The molecule has 0 spiro atoms. The van der Waals surface area contributed by atoms with Crippen molar-refractivity contribution in [2.45, 2.75) is 18.9 Å². The molecular formula is C11H16FNO. The highest BCUT2D eigenvalue weighted by Crippen LogP contribution is 1.99. The smallest absolute Gasteiger partial charge is 0.123 e. The van der Waals surface area contributed by atoms with Gasteiger partial charge in [-0.05, 0) is 38.1 Å². The molecule has 1 saturated heterocycles. The number of benzene rings is 1. The van der Waals surface area contributed by atoms with Crippen LogP contribution in [0.4, 0.5) is 4.39 Å². The lowest BCUT2D eigenvalue weighted by molar-refractivity contribution is 0.137. The Morgan fingerprint density at radius 2 is 1.71 bits per heavy atom. The number of aliphatic hydroxyl groups is 1. The van der Waals surface area contributed by atoms with Gasteiger partial charge in [-0.25, -0.2) is 4.39 Å². The van der Waals surface area contributed by atoms with E-state index < -0.39 is 0 Å². The van der Waals surface area contributed by atoms with Crippen molar-refractivity contribution in [3.8, 4) is 0 Å². The third-order valence-electron chi connectivity index (χ3n) is 2.04. The van der Waals surface area contributed by atoms with Gasteiger partial charge in [-0.15, -0.1) is 0 Å². The normalized spacial score (nSPS) is 17.0. The fraction of sp³-hybridized carbons (Fsp3) is 0.455. The number of hydrogen-bond donors (Lipinski definition) is 2. The van der Waals surface area contributed by atoms with E-state index in [9.17, 15) is 4.39 Å². The van der Waals surface area contributed by atoms with Crippen LogP contribution in [0.2, 0.25) is 0 Å². The Morgan fingerprint density at radius 1 is 1.14 bits per heavy atom. The summed E-state index contributed by atoms with van der Waals surface area (Å²) >= 11 is 0. The predicted octanol–water partition coefficient (Wildman–Crippen LogP) is 1.56. The topological polar surface area (TPSA) is 32.3 Å². The maximum Gasteiger partial charge on any atom is 0.123 e. The van der Waals surface area contributed by atoms with Crippen LogP contribution < -0.4 is 5.32 Å². The minimum Gasteiger partial charge on any atom is -0.393 e. The summed E-state index contributed by atoms with van der Waals surface area (Å²) < 4.78 is 11.9. The SMILES string of the molecule is Fc1ccccc1.OC1CCNCC1. The second-order valence-corrected chi connectivity index (χ2v) is 3.28. The average molecular weight is 197 g/mol. The molecule has 1 aliphatic rings. The van der Waals surface area contributed by atoms with E-state index in [0.717, 1.165) is 25.9 Å². The second-order valence-electron chi connectivity index (χ2n) is 3.28. The Hall–Kier alpha value is -0.930. The van der Waals surface area contributed by atoms with Gasteiger partial charge in [0, 0.05) is 0 Å². The molecule has 0 radical (unpaired) electrons. The molecule has 0 aromatic heterocycles. The van der Waals surface area contributed by atoms with E-state index in [4.69, 9.17) is 5.11 Å². The summed E-state index contributed by atoms with van der Waals surface area (Å²) in [4.78, 5) is 0. The number of piperidine rings is 1.